The van der Waals surface area contributed by atoms with Crippen molar-refractivity contribution in [2.24, 2.45) is 23.2 Å². The summed E-state index contributed by atoms with van der Waals surface area (Å²) in [5.74, 6) is 2.48. The lowest BCUT2D eigenvalue weighted by Gasteiger charge is -2.56. The van der Waals surface area contributed by atoms with Crippen molar-refractivity contribution < 1.29 is 14.3 Å². The molecule has 1 aliphatic heterocycles. The molecule has 0 aromatic carbocycles. The number of nitrogens with one attached hydrogen (secondary N) is 3. The van der Waals surface area contributed by atoms with Gasteiger partial charge in [0, 0.05) is 26.1 Å². The molecule has 4 aliphatic carbocycles. The standard InChI is InChI=1S/C19H31N3O3/c23-17(22-12-18(24)21-11-16-10-20-1-2-25-16)9-19-6-13-3-14(7-19)5-15(4-13)8-19/h13-16,20H,1-12H2,(H,21,24)(H,22,23). The number of rotatable bonds is 6. The van der Waals surface area contributed by atoms with E-state index in [2.05, 4.69) is 16.0 Å². The molecular formula is C19H31N3O3. The first kappa shape index (κ1) is 17.3. The number of morpholine rings is 1. The van der Waals surface area contributed by atoms with Crippen LogP contribution in [0.3, 0.4) is 0 Å². The number of ether oxygens (including phenoxy) is 1. The van der Waals surface area contributed by atoms with Crippen molar-refractivity contribution in [1.82, 2.24) is 16.0 Å². The molecule has 0 radical (unpaired) electrons. The molecule has 25 heavy (non-hydrogen) atoms. The van der Waals surface area contributed by atoms with Gasteiger partial charge in [0.25, 0.3) is 0 Å². The molecule has 6 nitrogen and oxygen atoms in total. The predicted molar refractivity (Wildman–Crippen MR) is 93.9 cm³/mol. The molecule has 5 aliphatic rings. The highest BCUT2D eigenvalue weighted by Gasteiger charge is 2.51. The Bertz CT molecular complexity index is 481. The normalized spacial score (nSPS) is 39.2. The van der Waals surface area contributed by atoms with E-state index >= 15 is 0 Å². The van der Waals surface area contributed by atoms with Crippen molar-refractivity contribution in [3.63, 3.8) is 0 Å². The van der Waals surface area contributed by atoms with Gasteiger partial charge in [-0.15, -0.1) is 0 Å². The quantitative estimate of drug-likeness (QED) is 0.663. The molecule has 2 amide bonds. The van der Waals surface area contributed by atoms with Crippen LogP contribution < -0.4 is 16.0 Å². The van der Waals surface area contributed by atoms with Gasteiger partial charge in [0.15, 0.2) is 0 Å². The Kier molecular flexibility index (Phi) is 5.00. The van der Waals surface area contributed by atoms with Crippen LogP contribution in [-0.2, 0) is 14.3 Å². The maximum Gasteiger partial charge on any atom is 0.239 e. The minimum atomic E-state index is -0.131. The molecular weight excluding hydrogens is 318 g/mol. The molecule has 4 saturated carbocycles. The van der Waals surface area contributed by atoms with E-state index in [-0.39, 0.29) is 29.9 Å². The molecule has 1 unspecified atom stereocenters. The summed E-state index contributed by atoms with van der Waals surface area (Å²) in [6.07, 6.45) is 8.49. The Hall–Kier alpha value is -1.14. The van der Waals surface area contributed by atoms with Gasteiger partial charge in [0.1, 0.15) is 0 Å². The second-order valence-electron chi connectivity index (χ2n) is 8.87. The largest absolute Gasteiger partial charge is 0.374 e. The Labute approximate surface area is 149 Å². The van der Waals surface area contributed by atoms with E-state index < -0.39 is 0 Å². The lowest BCUT2D eigenvalue weighted by molar-refractivity contribution is -0.132. The minimum Gasteiger partial charge on any atom is -0.374 e. The van der Waals surface area contributed by atoms with E-state index in [9.17, 15) is 9.59 Å². The van der Waals surface area contributed by atoms with E-state index in [1.54, 1.807) is 0 Å². The summed E-state index contributed by atoms with van der Waals surface area (Å²) in [5, 5.41) is 8.92. The van der Waals surface area contributed by atoms with Gasteiger partial charge in [0.05, 0.1) is 19.3 Å². The van der Waals surface area contributed by atoms with Crippen molar-refractivity contribution in [1.29, 1.82) is 0 Å². The van der Waals surface area contributed by atoms with Crippen LogP contribution in [0, 0.1) is 23.2 Å². The van der Waals surface area contributed by atoms with Crippen LogP contribution in [-0.4, -0.2) is 50.7 Å². The predicted octanol–water partition coefficient (Wildman–Crippen LogP) is 0.814. The summed E-state index contributed by atoms with van der Waals surface area (Å²) < 4.78 is 5.55. The minimum absolute atomic E-state index is 0.0282. The zero-order chi connectivity index (χ0) is 17.3. The van der Waals surface area contributed by atoms with Crippen LogP contribution in [0.5, 0.6) is 0 Å². The summed E-state index contributed by atoms with van der Waals surface area (Å²) in [6, 6.07) is 0. The van der Waals surface area contributed by atoms with Gasteiger partial charge in [-0.25, -0.2) is 0 Å². The van der Waals surface area contributed by atoms with Crippen LogP contribution in [0.1, 0.15) is 44.9 Å². The van der Waals surface area contributed by atoms with Gasteiger partial charge < -0.3 is 20.7 Å². The molecule has 1 atom stereocenters. The lowest BCUT2D eigenvalue weighted by Crippen LogP contribution is -2.49. The van der Waals surface area contributed by atoms with Crippen LogP contribution >= 0.6 is 0 Å². The third kappa shape index (κ3) is 4.17. The van der Waals surface area contributed by atoms with Crippen molar-refractivity contribution >= 4 is 11.8 Å². The van der Waals surface area contributed by atoms with Gasteiger partial charge >= 0.3 is 0 Å². The molecule has 4 bridgehead atoms. The fourth-order valence-corrected chi connectivity index (χ4v) is 6.13. The molecule has 5 rings (SSSR count). The van der Waals surface area contributed by atoms with Gasteiger partial charge in [0.2, 0.25) is 11.8 Å². The topological polar surface area (TPSA) is 79.5 Å². The van der Waals surface area contributed by atoms with E-state index in [0.717, 1.165) is 30.8 Å². The molecule has 5 fully saturated rings. The fraction of sp³-hybridized carbons (Fsp3) is 0.895. The number of hydrogen-bond acceptors (Lipinski definition) is 4. The number of amides is 2. The Morgan fingerprint density at radius 2 is 1.68 bits per heavy atom. The van der Waals surface area contributed by atoms with E-state index in [1.807, 2.05) is 0 Å². The van der Waals surface area contributed by atoms with Crippen molar-refractivity contribution in [3.05, 3.63) is 0 Å². The summed E-state index contributed by atoms with van der Waals surface area (Å²) in [7, 11) is 0. The maximum absolute atomic E-state index is 12.4. The third-order valence-corrected chi connectivity index (χ3v) is 6.68. The maximum atomic E-state index is 12.4. The first-order valence-electron chi connectivity index (χ1n) is 9.96. The first-order chi connectivity index (χ1) is 12.1. The van der Waals surface area contributed by atoms with E-state index in [4.69, 9.17) is 4.74 Å². The molecule has 140 valence electrons. The molecule has 0 aromatic rings. The summed E-state index contributed by atoms with van der Waals surface area (Å²) in [4.78, 5) is 24.4. The van der Waals surface area contributed by atoms with E-state index in [1.165, 1.54) is 38.5 Å². The zero-order valence-electron chi connectivity index (χ0n) is 15.0. The molecule has 0 spiro atoms. The third-order valence-electron chi connectivity index (χ3n) is 6.68. The highest BCUT2D eigenvalue weighted by atomic mass is 16.5. The molecule has 3 N–H and O–H groups in total. The zero-order valence-corrected chi connectivity index (χ0v) is 15.0. The highest BCUT2D eigenvalue weighted by Crippen LogP contribution is 2.61. The van der Waals surface area contributed by atoms with Gasteiger partial charge in [-0.3, -0.25) is 9.59 Å². The average molecular weight is 349 g/mol. The van der Waals surface area contributed by atoms with E-state index in [0.29, 0.717) is 19.6 Å². The number of carbonyl (C=O) groups excluding carboxylic acids is 2. The van der Waals surface area contributed by atoms with Gasteiger partial charge in [-0.2, -0.15) is 0 Å². The first-order valence-corrected chi connectivity index (χ1v) is 9.96. The second kappa shape index (κ2) is 7.23. The molecule has 1 saturated heterocycles. The highest BCUT2D eigenvalue weighted by molar-refractivity contribution is 5.84. The lowest BCUT2D eigenvalue weighted by atomic mass is 9.49. The SMILES string of the molecule is O=C(CNC(=O)CC12CC3CC(CC(C3)C1)C2)NCC1CNCCO1. The second-order valence-corrected chi connectivity index (χ2v) is 8.87. The molecule has 1 heterocycles. The Morgan fingerprint density at radius 1 is 1.00 bits per heavy atom. The monoisotopic (exact) mass is 349 g/mol. The summed E-state index contributed by atoms with van der Waals surface area (Å²) in [5.41, 5.74) is 0.233. The van der Waals surface area contributed by atoms with Crippen molar-refractivity contribution in [3.8, 4) is 0 Å². The van der Waals surface area contributed by atoms with Crippen LogP contribution in [0.25, 0.3) is 0 Å². The van der Waals surface area contributed by atoms with Crippen LogP contribution in [0.15, 0.2) is 0 Å². The van der Waals surface area contributed by atoms with Crippen LogP contribution in [0.4, 0.5) is 0 Å². The summed E-state index contributed by atoms with van der Waals surface area (Å²) in [6.45, 7) is 2.88. The van der Waals surface area contributed by atoms with Gasteiger partial charge in [-0.05, 0) is 61.7 Å². The summed E-state index contributed by atoms with van der Waals surface area (Å²) >= 11 is 0. The van der Waals surface area contributed by atoms with Crippen molar-refractivity contribution in [2.45, 2.75) is 51.0 Å². The fourth-order valence-electron chi connectivity index (χ4n) is 6.13. The smallest absolute Gasteiger partial charge is 0.239 e. The Morgan fingerprint density at radius 3 is 2.28 bits per heavy atom. The Balaban J connectivity index is 1.18. The molecule has 0 aromatic heterocycles. The number of carbonyl (C=O) groups is 2. The van der Waals surface area contributed by atoms with Gasteiger partial charge in [-0.1, -0.05) is 0 Å². The molecule has 6 heteroatoms. The number of hydrogen-bond donors (Lipinski definition) is 3. The van der Waals surface area contributed by atoms with Crippen molar-refractivity contribution in [2.75, 3.05) is 32.8 Å². The average Bonchev–Trinajstić information content (AvgIpc) is 2.57. The van der Waals surface area contributed by atoms with Crippen LogP contribution in [0.2, 0.25) is 0 Å².